The Balaban J connectivity index is 1.85. The fourth-order valence-corrected chi connectivity index (χ4v) is 2.66. The number of piperidine rings is 1. The Hall–Kier alpha value is -1.11. The van der Waals surface area contributed by atoms with Crippen LogP contribution in [0.5, 0.6) is 0 Å². The second-order valence-electron chi connectivity index (χ2n) is 5.14. The number of methoxy groups -OCH3 is 1. The van der Waals surface area contributed by atoms with Gasteiger partial charge in [-0.2, -0.15) is 0 Å². The van der Waals surface area contributed by atoms with Gasteiger partial charge in [-0.25, -0.2) is 9.78 Å². The number of hydrogen-bond donors (Lipinski definition) is 1. The van der Waals surface area contributed by atoms with E-state index in [4.69, 9.17) is 11.6 Å². The van der Waals surface area contributed by atoms with E-state index >= 15 is 0 Å². The lowest BCUT2D eigenvalue weighted by molar-refractivity contribution is -0.154. The van der Waals surface area contributed by atoms with Gasteiger partial charge in [-0.15, -0.1) is 0 Å². The summed E-state index contributed by atoms with van der Waals surface area (Å²) in [6.45, 7) is 2.37. The highest BCUT2D eigenvalue weighted by atomic mass is 35.5. The van der Waals surface area contributed by atoms with Crippen LogP contribution in [0, 0.1) is 5.92 Å². The van der Waals surface area contributed by atoms with Gasteiger partial charge in [0.2, 0.25) is 0 Å². The lowest BCUT2D eigenvalue weighted by atomic mass is 9.91. The smallest absolute Gasteiger partial charge is 0.334 e. The van der Waals surface area contributed by atoms with Crippen LogP contribution in [0.1, 0.15) is 18.7 Å². The molecule has 0 radical (unpaired) electrons. The molecule has 1 fully saturated rings. The molecule has 0 aliphatic carbocycles. The molecule has 1 aliphatic rings. The number of ether oxygens (including phenoxy) is 1. The molecule has 7 heteroatoms. The number of imidazole rings is 1. The molecule has 2 heterocycles. The minimum Gasteiger partial charge on any atom is -0.467 e. The molecule has 0 aromatic carbocycles. The summed E-state index contributed by atoms with van der Waals surface area (Å²) in [6, 6.07) is 0. The van der Waals surface area contributed by atoms with Crippen molar-refractivity contribution in [3.8, 4) is 0 Å². The van der Waals surface area contributed by atoms with E-state index in [2.05, 4.69) is 14.6 Å². The van der Waals surface area contributed by atoms with E-state index in [1.54, 1.807) is 6.20 Å². The first-order chi connectivity index (χ1) is 9.52. The number of rotatable bonds is 4. The van der Waals surface area contributed by atoms with Crippen molar-refractivity contribution in [2.24, 2.45) is 13.0 Å². The molecular formula is C13H20ClN3O3. The number of aliphatic hydroxyl groups excluding tert-OH is 1. The number of esters is 1. The Morgan fingerprint density at radius 3 is 2.75 bits per heavy atom. The van der Waals surface area contributed by atoms with Crippen LogP contribution in [-0.4, -0.2) is 51.8 Å². The lowest BCUT2D eigenvalue weighted by Crippen LogP contribution is -2.40. The molecule has 0 amide bonds. The van der Waals surface area contributed by atoms with Crippen LogP contribution < -0.4 is 0 Å². The summed E-state index contributed by atoms with van der Waals surface area (Å²) in [4.78, 5) is 17.8. The number of carbonyl (C=O) groups excluding carboxylic acids is 1. The monoisotopic (exact) mass is 301 g/mol. The summed E-state index contributed by atoms with van der Waals surface area (Å²) >= 11 is 5.96. The predicted molar refractivity (Wildman–Crippen MR) is 74.2 cm³/mol. The Morgan fingerprint density at radius 1 is 1.60 bits per heavy atom. The average molecular weight is 302 g/mol. The molecule has 20 heavy (non-hydrogen) atoms. The summed E-state index contributed by atoms with van der Waals surface area (Å²) in [5.74, 6) is 0.352. The number of likely N-dealkylation sites (tertiary alicyclic amines) is 1. The first-order valence-electron chi connectivity index (χ1n) is 6.67. The van der Waals surface area contributed by atoms with Crippen molar-refractivity contribution in [2.75, 3.05) is 20.2 Å². The first kappa shape index (κ1) is 15.3. The van der Waals surface area contributed by atoms with Gasteiger partial charge in [0, 0.05) is 7.05 Å². The molecule has 1 unspecified atom stereocenters. The zero-order valence-electron chi connectivity index (χ0n) is 11.8. The fourth-order valence-electron chi connectivity index (χ4n) is 2.51. The van der Waals surface area contributed by atoms with Gasteiger partial charge >= 0.3 is 5.97 Å². The standard InChI is InChI=1S/C13H20ClN3O3/c1-16-10(14)7-15-11(16)8-17-5-3-9(4-6-17)12(18)13(19)20-2/h7,9,12,18H,3-6,8H2,1-2H3. The van der Waals surface area contributed by atoms with E-state index < -0.39 is 12.1 Å². The maximum atomic E-state index is 11.3. The minimum atomic E-state index is -1.01. The molecule has 1 saturated heterocycles. The number of carbonyl (C=O) groups is 1. The van der Waals surface area contributed by atoms with E-state index in [-0.39, 0.29) is 5.92 Å². The molecule has 0 saturated carbocycles. The highest BCUT2D eigenvalue weighted by molar-refractivity contribution is 6.29. The number of aliphatic hydroxyl groups is 1. The van der Waals surface area contributed by atoms with Gasteiger partial charge in [0.05, 0.1) is 19.9 Å². The van der Waals surface area contributed by atoms with Gasteiger partial charge in [0.25, 0.3) is 0 Å². The molecular weight excluding hydrogens is 282 g/mol. The molecule has 112 valence electrons. The van der Waals surface area contributed by atoms with E-state index in [0.29, 0.717) is 5.15 Å². The van der Waals surface area contributed by atoms with Crippen molar-refractivity contribution in [1.82, 2.24) is 14.5 Å². The van der Waals surface area contributed by atoms with Crippen molar-refractivity contribution in [1.29, 1.82) is 0 Å². The summed E-state index contributed by atoms with van der Waals surface area (Å²) < 4.78 is 6.43. The van der Waals surface area contributed by atoms with Crippen molar-refractivity contribution in [2.45, 2.75) is 25.5 Å². The van der Waals surface area contributed by atoms with Crippen LogP contribution in [0.3, 0.4) is 0 Å². The van der Waals surface area contributed by atoms with Gasteiger partial charge in [0.15, 0.2) is 6.10 Å². The third-order valence-corrected chi connectivity index (χ3v) is 4.27. The Bertz CT molecular complexity index is 469. The number of nitrogens with zero attached hydrogens (tertiary/aromatic N) is 3. The second-order valence-corrected chi connectivity index (χ2v) is 5.52. The molecule has 1 aliphatic heterocycles. The summed E-state index contributed by atoms with van der Waals surface area (Å²) in [6.07, 6.45) is 2.18. The van der Waals surface area contributed by atoms with Gasteiger partial charge in [-0.3, -0.25) is 4.90 Å². The van der Waals surface area contributed by atoms with Crippen LogP contribution in [0.25, 0.3) is 0 Å². The van der Waals surface area contributed by atoms with Crippen LogP contribution in [0.15, 0.2) is 6.20 Å². The van der Waals surface area contributed by atoms with Crippen LogP contribution in [0.4, 0.5) is 0 Å². The normalized spacial score (nSPS) is 19.0. The molecule has 1 atom stereocenters. The minimum absolute atomic E-state index is 0.0244. The van der Waals surface area contributed by atoms with Crippen LogP contribution >= 0.6 is 11.6 Å². The largest absolute Gasteiger partial charge is 0.467 e. The van der Waals surface area contributed by atoms with Crippen molar-refractivity contribution >= 4 is 17.6 Å². The van der Waals surface area contributed by atoms with Gasteiger partial charge in [-0.1, -0.05) is 11.6 Å². The van der Waals surface area contributed by atoms with Crippen LogP contribution in [0.2, 0.25) is 5.15 Å². The molecule has 6 nitrogen and oxygen atoms in total. The predicted octanol–water partition coefficient (Wildman–Crippen LogP) is 0.819. The molecule has 2 rings (SSSR count). The van der Waals surface area contributed by atoms with Gasteiger partial charge in [-0.05, 0) is 31.8 Å². The van der Waals surface area contributed by atoms with Crippen molar-refractivity contribution < 1.29 is 14.6 Å². The van der Waals surface area contributed by atoms with Gasteiger partial charge in [0.1, 0.15) is 11.0 Å². The Labute approximate surface area is 123 Å². The first-order valence-corrected chi connectivity index (χ1v) is 7.05. The van der Waals surface area contributed by atoms with Crippen molar-refractivity contribution in [3.63, 3.8) is 0 Å². The molecule has 0 bridgehead atoms. The third-order valence-electron chi connectivity index (χ3n) is 3.91. The Morgan fingerprint density at radius 2 is 2.25 bits per heavy atom. The number of aromatic nitrogens is 2. The Kier molecular flexibility index (Phi) is 5.01. The van der Waals surface area contributed by atoms with E-state index in [0.717, 1.165) is 38.3 Å². The van der Waals surface area contributed by atoms with Crippen molar-refractivity contribution in [3.05, 3.63) is 17.2 Å². The fraction of sp³-hybridized carbons (Fsp3) is 0.692. The molecule has 1 aromatic heterocycles. The highest BCUT2D eigenvalue weighted by Gasteiger charge is 2.30. The van der Waals surface area contributed by atoms with E-state index in [1.165, 1.54) is 7.11 Å². The van der Waals surface area contributed by atoms with Gasteiger partial charge < -0.3 is 14.4 Å². The average Bonchev–Trinajstić information content (AvgIpc) is 2.78. The topological polar surface area (TPSA) is 67.6 Å². The zero-order valence-corrected chi connectivity index (χ0v) is 12.5. The summed E-state index contributed by atoms with van der Waals surface area (Å²) in [7, 11) is 3.18. The molecule has 0 spiro atoms. The number of halogens is 1. The second kappa shape index (κ2) is 6.56. The molecule has 1 N–H and O–H groups in total. The maximum Gasteiger partial charge on any atom is 0.334 e. The van der Waals surface area contributed by atoms with E-state index in [9.17, 15) is 9.90 Å². The summed E-state index contributed by atoms with van der Waals surface area (Å²) in [5.41, 5.74) is 0. The zero-order chi connectivity index (χ0) is 14.7. The van der Waals surface area contributed by atoms with E-state index in [1.807, 2.05) is 11.6 Å². The lowest BCUT2D eigenvalue weighted by Gasteiger charge is -2.33. The maximum absolute atomic E-state index is 11.3. The summed E-state index contributed by atoms with van der Waals surface area (Å²) in [5, 5.41) is 10.5. The number of hydrogen-bond acceptors (Lipinski definition) is 5. The quantitative estimate of drug-likeness (QED) is 0.834. The highest BCUT2D eigenvalue weighted by Crippen LogP contribution is 2.23. The SMILES string of the molecule is COC(=O)C(O)C1CCN(Cc2ncc(Cl)n2C)CC1. The third kappa shape index (κ3) is 3.31. The van der Waals surface area contributed by atoms with Crippen LogP contribution in [-0.2, 0) is 23.1 Å². The molecule has 1 aromatic rings.